The van der Waals surface area contributed by atoms with Crippen LogP contribution in [0, 0.1) is 0 Å². The van der Waals surface area contributed by atoms with Gasteiger partial charge in [-0.3, -0.25) is 0 Å². The number of esters is 1. The van der Waals surface area contributed by atoms with E-state index in [9.17, 15) is 9.59 Å². The van der Waals surface area contributed by atoms with E-state index in [-0.39, 0.29) is 18.1 Å². The first kappa shape index (κ1) is 25.4. The summed E-state index contributed by atoms with van der Waals surface area (Å²) in [4.78, 5) is 26.4. The third kappa shape index (κ3) is 7.67. The fourth-order valence-corrected chi connectivity index (χ4v) is 8.45. The number of hydrogen-bond donors (Lipinski definition) is 0. The van der Waals surface area contributed by atoms with Crippen molar-refractivity contribution in [2.45, 2.75) is 71.1 Å². The van der Waals surface area contributed by atoms with Gasteiger partial charge in [0.25, 0.3) is 8.32 Å². The molecule has 1 atom stereocenters. The Morgan fingerprint density at radius 3 is 1.80 bits per heavy atom. The number of nitrogens with zero attached hydrogens (tertiary/aromatic N) is 1. The Hall–Kier alpha value is -2.64. The summed E-state index contributed by atoms with van der Waals surface area (Å²) in [6.45, 7) is 11.5. The zero-order valence-electron chi connectivity index (χ0n) is 24.3. The van der Waals surface area contributed by atoms with Crippen molar-refractivity contribution in [2.75, 3.05) is 20.7 Å². The Morgan fingerprint density at radius 2 is 1.40 bits per heavy atom. The number of carbonyl (C=O) groups excluding carboxylic acids is 2. The van der Waals surface area contributed by atoms with Crippen molar-refractivity contribution in [3.63, 3.8) is 0 Å². The van der Waals surface area contributed by atoms with Gasteiger partial charge in [0, 0.05) is 23.4 Å². The fraction of sp³-hybridized carbons (Fsp3) is 0.500. The predicted molar refractivity (Wildman–Crippen MR) is 143 cm³/mol. The maximum Gasteiger partial charge on any atom is 0.410 e. The fourth-order valence-electron chi connectivity index (χ4n) is 3.89. The molecule has 0 saturated heterocycles. The van der Waals surface area contributed by atoms with Gasteiger partial charge in [-0.2, -0.15) is 0 Å². The summed E-state index contributed by atoms with van der Waals surface area (Å²) in [6.07, 6.45) is -4.99. The number of hydrogen-bond acceptors (Lipinski definition) is 5. The van der Waals surface area contributed by atoms with Gasteiger partial charge in [0.2, 0.25) is 6.10 Å². The number of benzene rings is 2. The summed E-state index contributed by atoms with van der Waals surface area (Å²) in [5, 5.41) is 1.85. The first-order valence-corrected chi connectivity index (χ1v) is 13.8. The number of ether oxygens (including phenoxy) is 2. The highest BCUT2D eigenvalue weighted by molar-refractivity contribution is 6.99. The van der Waals surface area contributed by atoms with E-state index in [2.05, 4.69) is 45.0 Å². The standard InChI is InChI=1S/C28H41NO5Si/c1-27(2,3)34-25(30)24(33-26(31)29(7)8)20-15-21-32-35(28(4,5)6,22-16-11-9-12-17-22)23-18-13-10-14-19-23/h9-14,16-19,24H,15,20-21H2,1-8H3/i20D2. The summed E-state index contributed by atoms with van der Waals surface area (Å²) in [6, 6.07) is 20.1. The van der Waals surface area contributed by atoms with Crippen LogP contribution in [0.25, 0.3) is 0 Å². The quantitative estimate of drug-likeness (QED) is 0.366. The minimum atomic E-state index is -2.90. The average molecular weight is 502 g/mol. The molecule has 1 unspecified atom stereocenters. The maximum atomic E-state index is 12.9. The van der Waals surface area contributed by atoms with Gasteiger partial charge in [-0.1, -0.05) is 81.4 Å². The summed E-state index contributed by atoms with van der Waals surface area (Å²) in [5.74, 6) is -0.932. The zero-order valence-corrected chi connectivity index (χ0v) is 23.3. The molecule has 192 valence electrons. The molecule has 6 nitrogen and oxygen atoms in total. The highest BCUT2D eigenvalue weighted by atomic mass is 28.4. The molecule has 0 aromatic heterocycles. The van der Waals surface area contributed by atoms with E-state index in [1.54, 1.807) is 20.8 Å². The van der Waals surface area contributed by atoms with E-state index in [1.165, 1.54) is 14.1 Å². The molecule has 0 fully saturated rings. The summed E-state index contributed by atoms with van der Waals surface area (Å²) < 4.78 is 34.9. The van der Waals surface area contributed by atoms with Gasteiger partial charge >= 0.3 is 12.1 Å². The molecular formula is C28H41NO5Si. The van der Waals surface area contributed by atoms with E-state index >= 15 is 0 Å². The molecule has 1 amide bonds. The Labute approximate surface area is 214 Å². The number of amides is 1. The molecule has 0 heterocycles. The molecule has 35 heavy (non-hydrogen) atoms. The lowest BCUT2D eigenvalue weighted by molar-refractivity contribution is -0.166. The van der Waals surface area contributed by atoms with Crippen molar-refractivity contribution in [2.24, 2.45) is 0 Å². The Kier molecular flexibility index (Phi) is 8.63. The molecule has 0 bridgehead atoms. The molecule has 0 aliphatic carbocycles. The van der Waals surface area contributed by atoms with E-state index in [0.29, 0.717) is 0 Å². The second-order valence-corrected chi connectivity index (χ2v) is 15.0. The van der Waals surface area contributed by atoms with Crippen LogP contribution in [0.5, 0.6) is 0 Å². The van der Waals surface area contributed by atoms with Crippen LogP contribution >= 0.6 is 0 Å². The SMILES string of the molecule is [2H]C([2H])(CCO[Si](c1ccccc1)(c1ccccc1)C(C)(C)C)C(OC(=O)N(C)C)C(=O)OC(C)(C)C. The van der Waals surface area contributed by atoms with Crippen LogP contribution in [0.3, 0.4) is 0 Å². The Bertz CT molecular complexity index is 995. The molecule has 0 saturated carbocycles. The van der Waals surface area contributed by atoms with E-state index in [4.69, 9.17) is 16.6 Å². The molecule has 2 aromatic carbocycles. The molecule has 7 heteroatoms. The van der Waals surface area contributed by atoms with Crippen molar-refractivity contribution in [3.05, 3.63) is 60.7 Å². The third-order valence-electron chi connectivity index (χ3n) is 5.37. The second kappa shape index (κ2) is 11.9. The first-order valence-electron chi connectivity index (χ1n) is 12.9. The van der Waals surface area contributed by atoms with E-state index < -0.39 is 38.5 Å². The van der Waals surface area contributed by atoms with Gasteiger partial charge < -0.3 is 18.8 Å². The highest BCUT2D eigenvalue weighted by Gasteiger charge is 2.50. The van der Waals surface area contributed by atoms with Crippen LogP contribution in [0.2, 0.25) is 5.04 Å². The number of carbonyl (C=O) groups is 2. The molecule has 0 N–H and O–H groups in total. The van der Waals surface area contributed by atoms with Crippen molar-refractivity contribution in [1.82, 2.24) is 4.90 Å². The van der Waals surface area contributed by atoms with Crippen molar-refractivity contribution in [3.8, 4) is 0 Å². The van der Waals surface area contributed by atoms with Crippen LogP contribution in [-0.4, -0.2) is 57.7 Å². The van der Waals surface area contributed by atoms with E-state index in [0.717, 1.165) is 15.3 Å². The van der Waals surface area contributed by atoms with Crippen LogP contribution in [0.4, 0.5) is 4.79 Å². The average Bonchev–Trinajstić information content (AvgIpc) is 2.79. The van der Waals surface area contributed by atoms with Gasteiger partial charge in [0.05, 0.1) is 0 Å². The monoisotopic (exact) mass is 501 g/mol. The molecule has 2 aromatic rings. The summed E-state index contributed by atoms with van der Waals surface area (Å²) in [5.41, 5.74) is -0.874. The molecule has 2 rings (SSSR count). The second-order valence-electron chi connectivity index (χ2n) is 10.7. The maximum absolute atomic E-state index is 12.9. The Morgan fingerprint density at radius 1 is 0.914 bits per heavy atom. The van der Waals surface area contributed by atoms with Gasteiger partial charge in [-0.15, -0.1) is 0 Å². The topological polar surface area (TPSA) is 65.1 Å². The Balaban J connectivity index is 2.42. The molecular weight excluding hydrogens is 458 g/mol. The summed E-state index contributed by atoms with van der Waals surface area (Å²) >= 11 is 0. The third-order valence-corrected chi connectivity index (χ3v) is 10.4. The lowest BCUT2D eigenvalue weighted by atomic mass is 10.1. The molecule has 0 radical (unpaired) electrons. The smallest absolute Gasteiger partial charge is 0.410 e. The largest absolute Gasteiger partial charge is 0.457 e. The first-order chi connectivity index (χ1) is 17.0. The molecule has 0 aliphatic rings. The summed E-state index contributed by atoms with van der Waals surface area (Å²) in [7, 11) is 0.0389. The lowest BCUT2D eigenvalue weighted by Gasteiger charge is -2.43. The van der Waals surface area contributed by atoms with Crippen molar-refractivity contribution >= 4 is 30.8 Å². The van der Waals surface area contributed by atoms with Crippen molar-refractivity contribution < 1.29 is 26.2 Å². The molecule has 0 aliphatic heterocycles. The lowest BCUT2D eigenvalue weighted by Crippen LogP contribution is -2.66. The van der Waals surface area contributed by atoms with Gasteiger partial charge in [0.15, 0.2) is 0 Å². The number of rotatable bonds is 9. The predicted octanol–water partition coefficient (Wildman–Crippen LogP) is 4.75. The van der Waals surface area contributed by atoms with Crippen LogP contribution < -0.4 is 10.4 Å². The highest BCUT2D eigenvalue weighted by Crippen LogP contribution is 2.36. The van der Waals surface area contributed by atoms with Gasteiger partial charge in [0.1, 0.15) is 5.60 Å². The van der Waals surface area contributed by atoms with Crippen LogP contribution in [0.15, 0.2) is 60.7 Å². The van der Waals surface area contributed by atoms with Crippen LogP contribution in [0.1, 0.15) is 57.1 Å². The molecule has 0 spiro atoms. The normalized spacial score (nSPS) is 14.4. The van der Waals surface area contributed by atoms with E-state index in [1.807, 2.05) is 36.4 Å². The minimum absolute atomic E-state index is 0.0130. The van der Waals surface area contributed by atoms with Gasteiger partial charge in [-0.05, 0) is 49.0 Å². The van der Waals surface area contributed by atoms with Crippen molar-refractivity contribution in [1.29, 1.82) is 0 Å². The zero-order chi connectivity index (χ0) is 28.1. The minimum Gasteiger partial charge on any atom is -0.457 e. The van der Waals surface area contributed by atoms with Gasteiger partial charge in [-0.25, -0.2) is 9.59 Å². The van der Waals surface area contributed by atoms with Crippen LogP contribution in [-0.2, 0) is 18.7 Å².